The highest BCUT2D eigenvalue weighted by Crippen LogP contribution is 2.32. The van der Waals surface area contributed by atoms with Crippen molar-refractivity contribution >= 4 is 44.0 Å². The Morgan fingerprint density at radius 2 is 2.03 bits per heavy atom. The van der Waals surface area contributed by atoms with E-state index >= 15 is 0 Å². The number of carbonyl (C=O) groups is 1. The second kappa shape index (κ2) is 7.99. The molecule has 30 heavy (non-hydrogen) atoms. The number of anilines is 1. The Labute approximate surface area is 183 Å². The minimum absolute atomic E-state index is 0.0118. The number of nitrogens with zero attached hydrogens (tertiary/aromatic N) is 2. The van der Waals surface area contributed by atoms with Crippen LogP contribution in [0.25, 0.3) is 11.3 Å². The maximum Gasteiger partial charge on any atom is 0.259 e. The molecule has 0 aliphatic carbocycles. The molecule has 1 amide bonds. The van der Waals surface area contributed by atoms with E-state index in [1.54, 1.807) is 0 Å². The molecule has 156 valence electrons. The number of nitrogens with one attached hydrogen (secondary N) is 1. The van der Waals surface area contributed by atoms with Crippen LogP contribution in [0.2, 0.25) is 5.02 Å². The van der Waals surface area contributed by atoms with Crippen molar-refractivity contribution in [2.24, 2.45) is 0 Å². The zero-order valence-corrected chi connectivity index (χ0v) is 18.6. The lowest BCUT2D eigenvalue weighted by molar-refractivity contribution is 0.102. The van der Waals surface area contributed by atoms with Crippen molar-refractivity contribution in [2.75, 3.05) is 26.0 Å². The summed E-state index contributed by atoms with van der Waals surface area (Å²) in [7, 11) is -0.843. The molecule has 0 spiro atoms. The van der Waals surface area contributed by atoms with Gasteiger partial charge in [0.1, 0.15) is 5.75 Å². The molecule has 10 heteroatoms. The van der Waals surface area contributed by atoms with Gasteiger partial charge in [-0.25, -0.2) is 17.7 Å². The zero-order chi connectivity index (χ0) is 21.5. The maximum absolute atomic E-state index is 12.7. The summed E-state index contributed by atoms with van der Waals surface area (Å²) in [5.41, 5.74) is 2.87. The number of ether oxygens (including phenoxy) is 1. The highest BCUT2D eigenvalue weighted by atomic mass is 35.5. The molecule has 1 aliphatic heterocycles. The SMILES string of the molecule is CN(C)S(=O)(=O)c1ccc(Cl)c(C(=O)Nc2nc(-c3ccc4c(c3)CCO4)cs2)c1. The number of rotatable bonds is 5. The number of carbonyl (C=O) groups excluding carboxylic acids is 1. The van der Waals surface area contributed by atoms with E-state index in [0.29, 0.717) is 11.7 Å². The molecule has 1 N–H and O–H groups in total. The molecule has 2 aromatic carbocycles. The maximum atomic E-state index is 12.7. The van der Waals surface area contributed by atoms with Gasteiger partial charge in [0.05, 0.1) is 27.8 Å². The monoisotopic (exact) mass is 463 g/mol. The standard InChI is InChI=1S/C20H18ClN3O4S2/c1-24(2)30(26,27)14-4-5-16(21)15(10-14)19(25)23-20-22-17(11-29-20)12-3-6-18-13(9-12)7-8-28-18/h3-6,9-11H,7-8H2,1-2H3,(H,22,23,25). The van der Waals surface area contributed by atoms with E-state index in [9.17, 15) is 13.2 Å². The van der Waals surface area contributed by atoms with Gasteiger partial charge in [-0.15, -0.1) is 11.3 Å². The van der Waals surface area contributed by atoms with Crippen molar-refractivity contribution in [2.45, 2.75) is 11.3 Å². The van der Waals surface area contributed by atoms with Gasteiger partial charge < -0.3 is 4.74 Å². The number of halogens is 1. The highest BCUT2D eigenvalue weighted by Gasteiger charge is 2.21. The molecule has 1 aromatic heterocycles. The fourth-order valence-electron chi connectivity index (χ4n) is 3.02. The minimum atomic E-state index is -3.69. The lowest BCUT2D eigenvalue weighted by atomic mass is 10.1. The lowest BCUT2D eigenvalue weighted by Gasteiger charge is -2.13. The average molecular weight is 464 g/mol. The van der Waals surface area contributed by atoms with Gasteiger partial charge in [-0.05, 0) is 42.0 Å². The zero-order valence-electron chi connectivity index (χ0n) is 16.2. The summed E-state index contributed by atoms with van der Waals surface area (Å²) in [6.45, 7) is 0.681. The summed E-state index contributed by atoms with van der Waals surface area (Å²) in [4.78, 5) is 17.2. The number of thiazole rings is 1. The van der Waals surface area contributed by atoms with Gasteiger partial charge in [0, 0.05) is 31.5 Å². The average Bonchev–Trinajstić information content (AvgIpc) is 3.36. The van der Waals surface area contributed by atoms with Crippen molar-refractivity contribution in [1.82, 2.24) is 9.29 Å². The van der Waals surface area contributed by atoms with Crippen LogP contribution < -0.4 is 10.1 Å². The van der Waals surface area contributed by atoms with Crippen molar-refractivity contribution in [3.63, 3.8) is 0 Å². The van der Waals surface area contributed by atoms with Crippen LogP contribution in [0.3, 0.4) is 0 Å². The lowest BCUT2D eigenvalue weighted by Crippen LogP contribution is -2.23. The number of benzene rings is 2. The first kappa shape index (κ1) is 20.8. The first-order chi connectivity index (χ1) is 14.3. The van der Waals surface area contributed by atoms with Crippen LogP contribution in [0.4, 0.5) is 5.13 Å². The molecule has 0 bridgehead atoms. The van der Waals surface area contributed by atoms with Crippen molar-refractivity contribution in [1.29, 1.82) is 0 Å². The fourth-order valence-corrected chi connectivity index (χ4v) is 4.87. The molecular formula is C20H18ClN3O4S2. The molecule has 4 rings (SSSR count). The smallest absolute Gasteiger partial charge is 0.259 e. The van der Waals surface area contributed by atoms with Gasteiger partial charge in [-0.2, -0.15) is 0 Å². The van der Waals surface area contributed by atoms with Crippen LogP contribution in [-0.2, 0) is 16.4 Å². The van der Waals surface area contributed by atoms with E-state index in [4.69, 9.17) is 16.3 Å². The molecule has 1 aliphatic rings. The van der Waals surface area contributed by atoms with Crippen LogP contribution >= 0.6 is 22.9 Å². The van der Waals surface area contributed by atoms with Gasteiger partial charge >= 0.3 is 0 Å². The summed E-state index contributed by atoms with van der Waals surface area (Å²) in [6, 6.07) is 9.92. The van der Waals surface area contributed by atoms with Crippen LogP contribution in [0, 0.1) is 0 Å². The van der Waals surface area contributed by atoms with Crippen LogP contribution in [0.5, 0.6) is 5.75 Å². The Hall–Kier alpha value is -2.46. The number of aromatic nitrogens is 1. The third kappa shape index (κ3) is 3.93. The first-order valence-electron chi connectivity index (χ1n) is 9.01. The van der Waals surface area contributed by atoms with E-state index in [0.717, 1.165) is 33.3 Å². The third-order valence-electron chi connectivity index (χ3n) is 4.67. The van der Waals surface area contributed by atoms with Crippen LogP contribution in [0.1, 0.15) is 15.9 Å². The van der Waals surface area contributed by atoms with Crippen LogP contribution in [-0.4, -0.2) is 44.3 Å². The summed E-state index contributed by atoms with van der Waals surface area (Å²) in [5, 5.41) is 5.09. The predicted molar refractivity (Wildman–Crippen MR) is 117 cm³/mol. The number of hydrogen-bond acceptors (Lipinski definition) is 6. The van der Waals surface area contributed by atoms with E-state index in [-0.39, 0.29) is 15.5 Å². The molecular weight excluding hydrogens is 446 g/mol. The molecule has 3 aromatic rings. The van der Waals surface area contributed by atoms with Crippen molar-refractivity contribution in [3.8, 4) is 17.0 Å². The molecule has 0 saturated heterocycles. The number of sulfonamides is 1. The van der Waals surface area contributed by atoms with E-state index < -0.39 is 15.9 Å². The Balaban J connectivity index is 1.57. The molecule has 0 atom stereocenters. The second-order valence-electron chi connectivity index (χ2n) is 6.84. The normalized spacial score (nSPS) is 13.2. The molecule has 0 fully saturated rings. The Morgan fingerprint density at radius 3 is 2.80 bits per heavy atom. The summed E-state index contributed by atoms with van der Waals surface area (Å²) >= 11 is 7.42. The van der Waals surface area contributed by atoms with Crippen molar-refractivity contribution < 1.29 is 17.9 Å². The van der Waals surface area contributed by atoms with E-state index in [1.165, 1.54) is 43.6 Å². The molecule has 0 radical (unpaired) electrons. The fraction of sp³-hybridized carbons (Fsp3) is 0.200. The second-order valence-corrected chi connectivity index (χ2v) is 10.3. The highest BCUT2D eigenvalue weighted by molar-refractivity contribution is 7.89. The van der Waals surface area contributed by atoms with Gasteiger partial charge in [0.2, 0.25) is 10.0 Å². The quantitative estimate of drug-likeness (QED) is 0.619. The summed E-state index contributed by atoms with van der Waals surface area (Å²) < 4.78 is 31.3. The van der Waals surface area contributed by atoms with E-state index in [2.05, 4.69) is 10.3 Å². The van der Waals surface area contributed by atoms with Crippen molar-refractivity contribution in [3.05, 3.63) is 57.9 Å². The topological polar surface area (TPSA) is 88.6 Å². The van der Waals surface area contributed by atoms with Gasteiger partial charge in [-0.1, -0.05) is 11.6 Å². The number of hydrogen-bond donors (Lipinski definition) is 1. The Morgan fingerprint density at radius 1 is 1.23 bits per heavy atom. The van der Waals surface area contributed by atoms with Gasteiger partial charge in [0.25, 0.3) is 5.91 Å². The minimum Gasteiger partial charge on any atom is -0.493 e. The third-order valence-corrected chi connectivity index (χ3v) is 7.57. The first-order valence-corrected chi connectivity index (χ1v) is 11.7. The Kier molecular flexibility index (Phi) is 5.54. The number of amides is 1. The summed E-state index contributed by atoms with van der Waals surface area (Å²) in [6.07, 6.45) is 0.863. The molecule has 0 unspecified atom stereocenters. The summed E-state index contributed by atoms with van der Waals surface area (Å²) in [5.74, 6) is 0.365. The van der Waals surface area contributed by atoms with Gasteiger partial charge in [0.15, 0.2) is 5.13 Å². The number of fused-ring (bicyclic) bond motifs is 1. The molecule has 7 nitrogen and oxygen atoms in total. The van der Waals surface area contributed by atoms with Gasteiger partial charge in [-0.3, -0.25) is 10.1 Å². The molecule has 2 heterocycles. The Bertz CT molecular complexity index is 1240. The predicted octanol–water partition coefficient (Wildman–Crippen LogP) is 3.90. The molecule has 0 saturated carbocycles. The van der Waals surface area contributed by atoms with E-state index in [1.807, 2.05) is 23.6 Å². The largest absolute Gasteiger partial charge is 0.493 e. The van der Waals surface area contributed by atoms with Crippen LogP contribution in [0.15, 0.2) is 46.7 Å².